The molecule has 2 aliphatic heterocycles. The van der Waals surface area contributed by atoms with Crippen molar-refractivity contribution in [2.24, 2.45) is 11.3 Å². The molecule has 5 aliphatic rings. The summed E-state index contributed by atoms with van der Waals surface area (Å²) in [5.41, 5.74) is 18.3. The second-order valence-corrected chi connectivity index (χ2v) is 21.5. The van der Waals surface area contributed by atoms with E-state index in [4.69, 9.17) is 0 Å². The Morgan fingerprint density at radius 2 is 1.28 bits per heavy atom. The monoisotopic (exact) mass is 789 g/mol. The maximum absolute atomic E-state index is 2.77. The molecule has 0 amide bonds. The molecular formula is C57H65BN2. The van der Waals surface area contributed by atoms with Gasteiger partial charge in [0.25, 0.3) is 0 Å². The third kappa shape index (κ3) is 6.81. The predicted octanol–water partition coefficient (Wildman–Crippen LogP) is 13.9. The molecule has 3 atom stereocenters. The number of benzene rings is 4. The van der Waals surface area contributed by atoms with E-state index in [2.05, 4.69) is 226 Å². The molecule has 2 nitrogen and oxygen atoms in total. The largest absolute Gasteiger partial charge is 0.339 e. The molecule has 9 rings (SSSR count). The lowest BCUT2D eigenvalue weighted by Crippen LogP contribution is -2.61. The molecule has 4 aromatic carbocycles. The highest BCUT2D eigenvalue weighted by molar-refractivity contribution is 6.84. The Bertz CT molecular complexity index is 2490. The molecule has 0 saturated heterocycles. The molecule has 3 aliphatic carbocycles. The first-order chi connectivity index (χ1) is 28.4. The van der Waals surface area contributed by atoms with Crippen LogP contribution >= 0.6 is 0 Å². The quantitative estimate of drug-likeness (QED) is 0.180. The van der Waals surface area contributed by atoms with Gasteiger partial charge in [-0.15, -0.1) is 0 Å². The van der Waals surface area contributed by atoms with Crippen LogP contribution in [-0.4, -0.2) is 12.8 Å². The van der Waals surface area contributed by atoms with Crippen LogP contribution in [0.5, 0.6) is 0 Å². The fourth-order valence-corrected chi connectivity index (χ4v) is 11.1. The summed E-state index contributed by atoms with van der Waals surface area (Å²) in [6.45, 7) is 26.4. The van der Waals surface area contributed by atoms with Crippen LogP contribution in [-0.2, 0) is 16.2 Å². The van der Waals surface area contributed by atoms with E-state index in [1.54, 1.807) is 11.0 Å². The first kappa shape index (κ1) is 40.4. The number of nitrogens with zero attached hydrogens (tertiary/aromatic N) is 2. The third-order valence-electron chi connectivity index (χ3n) is 15.0. The van der Waals surface area contributed by atoms with Crippen molar-refractivity contribution in [2.75, 3.05) is 9.80 Å². The van der Waals surface area contributed by atoms with Crippen molar-refractivity contribution in [1.29, 1.82) is 0 Å². The maximum Gasteiger partial charge on any atom is 0.221 e. The van der Waals surface area contributed by atoms with Crippen molar-refractivity contribution in [1.82, 2.24) is 0 Å². The van der Waals surface area contributed by atoms with E-state index in [1.165, 1.54) is 61.8 Å². The van der Waals surface area contributed by atoms with Gasteiger partial charge in [-0.1, -0.05) is 194 Å². The summed E-state index contributed by atoms with van der Waals surface area (Å²) < 4.78 is 0. The molecule has 0 bridgehead atoms. The summed E-state index contributed by atoms with van der Waals surface area (Å²) in [4.78, 5) is 5.44. The van der Waals surface area contributed by atoms with Crippen LogP contribution in [0, 0.1) is 11.3 Å². The fraction of sp³-hybridized carbons (Fsp3) is 0.368. The lowest BCUT2D eigenvalue weighted by molar-refractivity contribution is 0.377. The molecule has 0 aromatic heterocycles. The van der Waals surface area contributed by atoms with Crippen molar-refractivity contribution < 1.29 is 0 Å². The molecule has 306 valence electrons. The smallest absolute Gasteiger partial charge is 0.221 e. The van der Waals surface area contributed by atoms with Gasteiger partial charge in [0.05, 0.1) is 6.04 Å². The number of rotatable bonds is 6. The van der Waals surface area contributed by atoms with Gasteiger partial charge in [-0.2, -0.15) is 0 Å². The second kappa shape index (κ2) is 14.6. The zero-order chi connectivity index (χ0) is 42.4. The predicted molar refractivity (Wildman–Crippen MR) is 258 cm³/mol. The number of fused-ring (bicyclic) bond motifs is 3. The molecular weight excluding hydrogens is 723 g/mol. The highest BCUT2D eigenvalue weighted by Crippen LogP contribution is 2.55. The van der Waals surface area contributed by atoms with Crippen molar-refractivity contribution in [3.05, 3.63) is 196 Å². The van der Waals surface area contributed by atoms with Gasteiger partial charge in [-0.05, 0) is 107 Å². The van der Waals surface area contributed by atoms with E-state index in [0.29, 0.717) is 5.92 Å². The average Bonchev–Trinajstić information content (AvgIpc) is 3.23. The summed E-state index contributed by atoms with van der Waals surface area (Å²) in [5, 5.41) is 0. The standard InChI is InChI=1S/C57H65BN2/c1-38-34-51-53-52(35-38)60(46-30-24-42(25-31-46)56(8,9)40-18-14-12-15-19-40)50-33-27-44(57(10,11)41-20-16-13-17-21-41)37-48(50)58(53)47-36-43(55(5,6)7)26-32-49(47)59(51)45-28-22-39(23-29-45)54(2,3)4/h12-22,24-28,30-36,44,51,53H,23,29,37H2,1-11H3. The van der Waals surface area contributed by atoms with E-state index in [0.717, 1.165) is 19.3 Å². The zero-order valence-corrected chi connectivity index (χ0v) is 38.1. The number of hydrogen-bond acceptors (Lipinski definition) is 2. The maximum atomic E-state index is 2.77. The van der Waals surface area contributed by atoms with Crippen LogP contribution in [0.3, 0.4) is 0 Å². The van der Waals surface area contributed by atoms with E-state index in [-0.39, 0.29) is 40.2 Å². The Kier molecular flexibility index (Phi) is 9.81. The molecule has 60 heavy (non-hydrogen) atoms. The summed E-state index contributed by atoms with van der Waals surface area (Å²) >= 11 is 0. The summed E-state index contributed by atoms with van der Waals surface area (Å²) in [6, 6.07) is 39.5. The normalized spacial score (nSPS) is 21.7. The summed E-state index contributed by atoms with van der Waals surface area (Å²) in [5.74, 6) is 0.602. The minimum atomic E-state index is -0.111. The van der Waals surface area contributed by atoms with Gasteiger partial charge in [0.2, 0.25) is 6.71 Å². The van der Waals surface area contributed by atoms with Gasteiger partial charge in [-0.25, -0.2) is 0 Å². The minimum absolute atomic E-state index is 0.0321. The van der Waals surface area contributed by atoms with Gasteiger partial charge in [0, 0.05) is 39.7 Å². The third-order valence-corrected chi connectivity index (χ3v) is 15.0. The van der Waals surface area contributed by atoms with Crippen LogP contribution in [0.4, 0.5) is 11.4 Å². The molecule has 4 aromatic rings. The van der Waals surface area contributed by atoms with E-state index < -0.39 is 0 Å². The van der Waals surface area contributed by atoms with Crippen LogP contribution in [0.2, 0.25) is 5.82 Å². The minimum Gasteiger partial charge on any atom is -0.339 e. The molecule has 0 spiro atoms. The highest BCUT2D eigenvalue weighted by Gasteiger charge is 2.54. The SMILES string of the molecule is CC1=CC2C3B(C4=C(C=CC(C(C)(C)c5ccccc5)C4)N(c4ccc(C(C)(C)c5ccccc5)cc4)C3=C1)c1cc(C(C)(C)C)ccc1N2C1=CC=C(C(C)(C)C)CC1. The average molecular weight is 789 g/mol. The highest BCUT2D eigenvalue weighted by atomic mass is 15.2. The Morgan fingerprint density at radius 3 is 1.90 bits per heavy atom. The Labute approximate surface area is 362 Å². The lowest BCUT2D eigenvalue weighted by atomic mass is 9.26. The van der Waals surface area contributed by atoms with Crippen molar-refractivity contribution in [3.8, 4) is 0 Å². The number of anilines is 2. The molecule has 2 heterocycles. The van der Waals surface area contributed by atoms with E-state index >= 15 is 0 Å². The number of allylic oxidation sites excluding steroid dienone is 9. The van der Waals surface area contributed by atoms with Gasteiger partial charge >= 0.3 is 0 Å². The second-order valence-electron chi connectivity index (χ2n) is 21.5. The number of hydrogen-bond donors (Lipinski definition) is 0. The molecule has 0 fully saturated rings. The van der Waals surface area contributed by atoms with E-state index in [1.807, 2.05) is 0 Å². The first-order valence-corrected chi connectivity index (χ1v) is 22.6. The Morgan fingerprint density at radius 1 is 0.650 bits per heavy atom. The molecule has 3 unspecified atom stereocenters. The van der Waals surface area contributed by atoms with Gasteiger partial charge in [0.1, 0.15) is 0 Å². The molecule has 0 radical (unpaired) electrons. The summed E-state index contributed by atoms with van der Waals surface area (Å²) in [7, 11) is 0. The molecule has 0 N–H and O–H groups in total. The van der Waals surface area contributed by atoms with E-state index in [9.17, 15) is 0 Å². The Hall–Kier alpha value is -5.02. The molecule has 0 saturated carbocycles. The van der Waals surface area contributed by atoms with Crippen LogP contribution in [0.1, 0.15) is 118 Å². The first-order valence-electron chi connectivity index (χ1n) is 22.6. The van der Waals surface area contributed by atoms with Crippen LogP contribution in [0.15, 0.2) is 173 Å². The van der Waals surface area contributed by atoms with Gasteiger partial charge in [0.15, 0.2) is 0 Å². The summed E-state index contributed by atoms with van der Waals surface area (Å²) in [6.07, 6.45) is 18.3. The van der Waals surface area contributed by atoms with Crippen LogP contribution < -0.4 is 15.3 Å². The zero-order valence-electron chi connectivity index (χ0n) is 38.1. The van der Waals surface area contributed by atoms with Gasteiger partial charge < -0.3 is 9.80 Å². The van der Waals surface area contributed by atoms with Crippen molar-refractivity contribution >= 4 is 23.6 Å². The topological polar surface area (TPSA) is 6.48 Å². The van der Waals surface area contributed by atoms with Crippen molar-refractivity contribution in [3.63, 3.8) is 0 Å². The molecule has 3 heteroatoms. The van der Waals surface area contributed by atoms with Crippen molar-refractivity contribution in [2.45, 2.75) is 124 Å². The lowest BCUT2D eigenvalue weighted by Gasteiger charge is -2.55. The van der Waals surface area contributed by atoms with Gasteiger partial charge in [-0.3, -0.25) is 0 Å². The fourth-order valence-electron chi connectivity index (χ4n) is 11.1. The van der Waals surface area contributed by atoms with Crippen LogP contribution in [0.25, 0.3) is 0 Å². The Balaban J connectivity index is 1.25.